The van der Waals surface area contributed by atoms with Gasteiger partial charge in [-0.3, -0.25) is 0 Å². The second-order valence-corrected chi connectivity index (χ2v) is 9.24. The minimum Gasteiger partial charge on any atom is -0.507 e. The van der Waals surface area contributed by atoms with E-state index < -0.39 is 64.1 Å². The molecule has 0 spiro atoms. The van der Waals surface area contributed by atoms with Gasteiger partial charge in [-0.05, 0) is 23.8 Å². The van der Waals surface area contributed by atoms with Crippen molar-refractivity contribution in [3.63, 3.8) is 0 Å². The van der Waals surface area contributed by atoms with Crippen LogP contribution < -0.4 is 9.47 Å². The number of esters is 1. The summed E-state index contributed by atoms with van der Waals surface area (Å²) in [7, 11) is 0. The number of phenolic OH excluding ortho intramolecular Hbond substituents is 7. The third-order valence-electron chi connectivity index (χ3n) is 6.50. The average molecular weight is 566 g/mol. The average Bonchev–Trinajstić information content (AvgIpc) is 2.96. The minimum absolute atomic E-state index is 0.0248. The molecular formula is C29H23FO11. The summed E-state index contributed by atoms with van der Waals surface area (Å²) >= 11 is 0. The normalized spacial score (nSPS) is 15.9. The highest BCUT2D eigenvalue weighted by molar-refractivity contribution is 5.91. The molecule has 4 aromatic rings. The van der Waals surface area contributed by atoms with E-state index in [2.05, 4.69) is 0 Å². The number of ether oxygens (including phenoxy) is 3. The molecule has 5 rings (SSSR count). The highest BCUT2D eigenvalue weighted by atomic mass is 19.1. The fourth-order valence-electron chi connectivity index (χ4n) is 4.40. The summed E-state index contributed by atoms with van der Waals surface area (Å²) in [6, 6.07) is 14.4. The van der Waals surface area contributed by atoms with Gasteiger partial charge in [0.1, 0.15) is 30.0 Å². The number of fused-ring (bicyclic) bond motifs is 1. The van der Waals surface area contributed by atoms with Crippen molar-refractivity contribution < 1.29 is 59.1 Å². The monoisotopic (exact) mass is 566 g/mol. The fraction of sp³-hybridized carbons (Fsp3) is 0.138. The number of carbonyl (C=O) groups excluding carboxylic acids is 1. The lowest BCUT2D eigenvalue weighted by Crippen LogP contribution is -2.35. The lowest BCUT2D eigenvalue weighted by atomic mass is 9.93. The molecule has 1 aliphatic heterocycles. The smallest absolute Gasteiger partial charge is 0.338 e. The lowest BCUT2D eigenvalue weighted by Gasteiger charge is -2.34. The first-order valence-corrected chi connectivity index (χ1v) is 12.1. The Morgan fingerprint density at radius 1 is 0.829 bits per heavy atom. The van der Waals surface area contributed by atoms with E-state index in [1.165, 1.54) is 12.1 Å². The largest absolute Gasteiger partial charge is 0.507 e. The number of phenols is 7. The maximum absolute atomic E-state index is 15.1. The van der Waals surface area contributed by atoms with Gasteiger partial charge in [-0.25, -0.2) is 9.18 Å². The van der Waals surface area contributed by atoms with E-state index in [-0.39, 0.29) is 41.4 Å². The molecule has 2 atom stereocenters. The van der Waals surface area contributed by atoms with Crippen molar-refractivity contribution in [2.75, 3.05) is 0 Å². The highest BCUT2D eigenvalue weighted by Crippen LogP contribution is 2.47. The molecule has 4 aromatic carbocycles. The molecule has 0 fully saturated rings. The Morgan fingerprint density at radius 2 is 1.49 bits per heavy atom. The van der Waals surface area contributed by atoms with E-state index >= 15 is 4.39 Å². The van der Waals surface area contributed by atoms with E-state index in [4.69, 9.17) is 14.2 Å². The van der Waals surface area contributed by atoms with E-state index in [0.717, 1.165) is 23.8 Å². The van der Waals surface area contributed by atoms with Crippen molar-refractivity contribution >= 4 is 5.97 Å². The molecule has 7 N–H and O–H groups in total. The summed E-state index contributed by atoms with van der Waals surface area (Å²) < 4.78 is 32.3. The highest BCUT2D eigenvalue weighted by Gasteiger charge is 2.39. The van der Waals surface area contributed by atoms with Gasteiger partial charge in [0.05, 0.1) is 5.56 Å². The molecule has 0 aliphatic carbocycles. The SMILES string of the molecule is O=C(O[C@@H]1Cc2c(O)cc(OCc3ccccc3)cc2O[C@H]1c1cc(O)c(O)c(O)c1F)c1cc(O)c(O)c(O)c1. The van der Waals surface area contributed by atoms with E-state index in [9.17, 15) is 40.5 Å². The first-order valence-electron chi connectivity index (χ1n) is 12.1. The predicted octanol–water partition coefficient (Wildman–Crippen LogP) is 4.25. The van der Waals surface area contributed by atoms with Gasteiger partial charge in [-0.1, -0.05) is 30.3 Å². The molecule has 11 nitrogen and oxygen atoms in total. The van der Waals surface area contributed by atoms with Crippen LogP contribution in [0.2, 0.25) is 0 Å². The van der Waals surface area contributed by atoms with Crippen molar-refractivity contribution in [3.8, 4) is 51.7 Å². The van der Waals surface area contributed by atoms with Gasteiger partial charge in [0, 0.05) is 29.7 Å². The topological polar surface area (TPSA) is 186 Å². The molecule has 0 bridgehead atoms. The number of rotatable bonds is 6. The summed E-state index contributed by atoms with van der Waals surface area (Å²) in [6.07, 6.45) is -3.20. The number of hydrogen-bond acceptors (Lipinski definition) is 11. The second-order valence-electron chi connectivity index (χ2n) is 9.24. The summed E-state index contributed by atoms with van der Waals surface area (Å²) in [5.74, 6) is -8.29. The van der Waals surface area contributed by atoms with Crippen molar-refractivity contribution in [2.45, 2.75) is 25.2 Å². The van der Waals surface area contributed by atoms with Crippen LogP contribution in [0.1, 0.15) is 33.2 Å². The molecule has 0 radical (unpaired) electrons. The van der Waals surface area contributed by atoms with E-state index in [1.54, 1.807) is 0 Å². The lowest BCUT2D eigenvalue weighted by molar-refractivity contribution is -0.0200. The molecule has 0 saturated carbocycles. The van der Waals surface area contributed by atoms with Crippen LogP contribution in [0.15, 0.2) is 60.7 Å². The molecule has 0 saturated heterocycles. The van der Waals surface area contributed by atoms with Gasteiger partial charge >= 0.3 is 5.97 Å². The molecule has 41 heavy (non-hydrogen) atoms. The number of aromatic hydroxyl groups is 7. The Hall–Kier alpha value is -5.52. The second kappa shape index (κ2) is 10.6. The summed E-state index contributed by atoms with van der Waals surface area (Å²) in [4.78, 5) is 13.0. The van der Waals surface area contributed by atoms with E-state index in [0.29, 0.717) is 0 Å². The minimum atomic E-state index is -1.54. The maximum atomic E-state index is 15.1. The van der Waals surface area contributed by atoms with Gasteiger partial charge in [0.15, 0.2) is 40.7 Å². The van der Waals surface area contributed by atoms with Crippen molar-refractivity contribution in [3.05, 3.63) is 88.7 Å². The van der Waals surface area contributed by atoms with Crippen LogP contribution >= 0.6 is 0 Å². The van der Waals surface area contributed by atoms with Crippen LogP contribution in [0.3, 0.4) is 0 Å². The molecule has 0 amide bonds. The molecular weight excluding hydrogens is 543 g/mol. The van der Waals surface area contributed by atoms with Crippen molar-refractivity contribution in [2.24, 2.45) is 0 Å². The van der Waals surface area contributed by atoms with E-state index in [1.807, 2.05) is 30.3 Å². The number of halogens is 1. The Morgan fingerprint density at radius 3 is 2.17 bits per heavy atom. The first kappa shape index (κ1) is 27.1. The Bertz CT molecular complexity index is 1620. The molecule has 212 valence electrons. The molecule has 1 aliphatic rings. The quantitative estimate of drug-likeness (QED) is 0.131. The molecule has 0 unspecified atom stereocenters. The third-order valence-corrected chi connectivity index (χ3v) is 6.50. The Labute approximate surface area is 231 Å². The van der Waals surface area contributed by atoms with Crippen LogP contribution in [0.5, 0.6) is 51.7 Å². The van der Waals surface area contributed by atoms with Crippen LogP contribution in [0.4, 0.5) is 4.39 Å². The first-order chi connectivity index (χ1) is 19.5. The van der Waals surface area contributed by atoms with Crippen LogP contribution in [0.25, 0.3) is 0 Å². The number of hydrogen-bond donors (Lipinski definition) is 7. The van der Waals surface area contributed by atoms with Gasteiger partial charge in [-0.2, -0.15) is 0 Å². The number of carbonyl (C=O) groups is 1. The maximum Gasteiger partial charge on any atom is 0.338 e. The van der Waals surface area contributed by atoms with Gasteiger partial charge in [0.2, 0.25) is 5.75 Å². The molecule has 0 aromatic heterocycles. The zero-order valence-electron chi connectivity index (χ0n) is 21.0. The predicted molar refractivity (Wildman–Crippen MR) is 138 cm³/mol. The molecule has 12 heteroatoms. The van der Waals surface area contributed by atoms with Crippen molar-refractivity contribution in [1.82, 2.24) is 0 Å². The summed E-state index contributed by atoms with van der Waals surface area (Å²) in [6.45, 7) is 0.156. The summed E-state index contributed by atoms with van der Waals surface area (Å²) in [5.41, 5.74) is 0.134. The van der Waals surface area contributed by atoms with Crippen LogP contribution in [0, 0.1) is 5.82 Å². The van der Waals surface area contributed by atoms with Gasteiger partial charge < -0.3 is 50.0 Å². The number of benzene rings is 4. The zero-order chi connectivity index (χ0) is 29.4. The summed E-state index contributed by atoms with van der Waals surface area (Å²) in [5, 5.41) is 69.7. The third kappa shape index (κ3) is 5.22. The Kier molecular flexibility index (Phi) is 6.97. The Balaban J connectivity index is 1.52. The molecule has 1 heterocycles. The van der Waals surface area contributed by atoms with Crippen LogP contribution in [-0.2, 0) is 17.8 Å². The standard InChI is InChI=1S/C29H23FO11/c30-24-17(10-21(34)26(36)27(24)37)28-23(41-29(38)14-6-19(32)25(35)20(33)7-14)11-16-18(31)8-15(9-22(16)40-28)39-12-13-4-2-1-3-5-13/h1-10,23,28,31-37H,11-12H2/t23-,28+/m1/s1. The fourth-order valence-corrected chi connectivity index (χ4v) is 4.40. The van der Waals surface area contributed by atoms with Crippen molar-refractivity contribution in [1.29, 1.82) is 0 Å². The zero-order valence-corrected chi connectivity index (χ0v) is 21.0. The van der Waals surface area contributed by atoms with Crippen LogP contribution in [-0.4, -0.2) is 47.8 Å². The van der Waals surface area contributed by atoms with Gasteiger partial charge in [0.25, 0.3) is 0 Å². The van der Waals surface area contributed by atoms with Gasteiger partial charge in [-0.15, -0.1) is 0 Å².